The van der Waals surface area contributed by atoms with Crippen LogP contribution < -0.4 is 4.90 Å². The van der Waals surface area contributed by atoms with E-state index in [0.717, 1.165) is 13.1 Å². The van der Waals surface area contributed by atoms with Crippen LogP contribution in [0.5, 0.6) is 0 Å². The van der Waals surface area contributed by atoms with Crippen molar-refractivity contribution < 1.29 is 9.72 Å². The van der Waals surface area contributed by atoms with E-state index in [2.05, 4.69) is 30.0 Å². The number of hydrogen-bond donors (Lipinski definition) is 0. The molecule has 2 aromatic carbocycles. The number of carbonyl (C=O) groups excluding carboxylic acids is 1. The van der Waals surface area contributed by atoms with Gasteiger partial charge in [0, 0.05) is 49.1 Å². The third kappa shape index (κ3) is 3.63. The molecule has 1 fully saturated rings. The highest BCUT2D eigenvalue weighted by Crippen LogP contribution is 2.21. The topological polar surface area (TPSA) is 66.7 Å². The largest absolute Gasteiger partial charge is 0.368 e. The van der Waals surface area contributed by atoms with Crippen LogP contribution in [-0.4, -0.2) is 41.9 Å². The Bertz CT molecular complexity index is 811. The van der Waals surface area contributed by atoms with E-state index in [0.29, 0.717) is 24.2 Å². The summed E-state index contributed by atoms with van der Waals surface area (Å²) in [7, 11) is 0. The summed E-state index contributed by atoms with van der Waals surface area (Å²) in [6.07, 6.45) is 0. The Labute approximate surface area is 146 Å². The fraction of sp³-hybridized carbons (Fsp3) is 0.316. The van der Waals surface area contributed by atoms with Gasteiger partial charge < -0.3 is 9.80 Å². The van der Waals surface area contributed by atoms with E-state index in [1.165, 1.54) is 17.3 Å². The van der Waals surface area contributed by atoms with Crippen molar-refractivity contribution in [2.45, 2.75) is 13.8 Å². The molecule has 3 rings (SSSR count). The van der Waals surface area contributed by atoms with Gasteiger partial charge in [-0.15, -0.1) is 0 Å². The van der Waals surface area contributed by atoms with Crippen LogP contribution in [0.4, 0.5) is 11.4 Å². The molecule has 2 aromatic rings. The second-order valence-electron chi connectivity index (χ2n) is 6.38. The molecule has 0 saturated carbocycles. The quantitative estimate of drug-likeness (QED) is 0.636. The average molecular weight is 339 g/mol. The molecule has 1 heterocycles. The Kier molecular flexibility index (Phi) is 4.70. The van der Waals surface area contributed by atoms with E-state index in [1.54, 1.807) is 19.1 Å². The summed E-state index contributed by atoms with van der Waals surface area (Å²) in [6.45, 7) is 6.57. The SMILES string of the molecule is Cc1cccc(N2CCN(C(=O)c3ccc([N+](=O)[O-])c(C)c3)CC2)c1. The van der Waals surface area contributed by atoms with Gasteiger partial charge in [0.25, 0.3) is 11.6 Å². The number of aryl methyl sites for hydroxylation is 2. The van der Waals surface area contributed by atoms with Crippen molar-refractivity contribution in [3.8, 4) is 0 Å². The predicted molar refractivity (Wildman–Crippen MR) is 97.1 cm³/mol. The van der Waals surface area contributed by atoms with Crippen molar-refractivity contribution in [1.29, 1.82) is 0 Å². The van der Waals surface area contributed by atoms with Crippen molar-refractivity contribution in [1.82, 2.24) is 4.90 Å². The molecular formula is C19H21N3O3. The number of carbonyl (C=O) groups is 1. The number of benzene rings is 2. The molecule has 25 heavy (non-hydrogen) atoms. The average Bonchev–Trinajstić information content (AvgIpc) is 2.61. The number of amides is 1. The lowest BCUT2D eigenvalue weighted by Gasteiger charge is -2.36. The van der Waals surface area contributed by atoms with Crippen molar-refractivity contribution in [2.75, 3.05) is 31.1 Å². The van der Waals surface area contributed by atoms with Gasteiger partial charge in [-0.05, 0) is 43.7 Å². The number of rotatable bonds is 3. The van der Waals surface area contributed by atoms with Crippen LogP contribution in [0.25, 0.3) is 0 Å². The Balaban J connectivity index is 1.67. The summed E-state index contributed by atoms with van der Waals surface area (Å²) in [5.74, 6) is -0.0677. The van der Waals surface area contributed by atoms with Crippen molar-refractivity contribution >= 4 is 17.3 Å². The molecule has 0 spiro atoms. The molecule has 1 saturated heterocycles. The van der Waals surface area contributed by atoms with Gasteiger partial charge in [-0.2, -0.15) is 0 Å². The molecule has 0 bridgehead atoms. The molecular weight excluding hydrogens is 318 g/mol. The number of nitrogens with zero attached hydrogens (tertiary/aromatic N) is 3. The molecule has 1 aliphatic rings. The van der Waals surface area contributed by atoms with Crippen LogP contribution in [0.2, 0.25) is 0 Å². The predicted octanol–water partition coefficient (Wildman–Crippen LogP) is 3.17. The van der Waals surface area contributed by atoms with Crippen LogP contribution in [0, 0.1) is 24.0 Å². The maximum Gasteiger partial charge on any atom is 0.272 e. The number of nitro benzene ring substituents is 1. The van der Waals surface area contributed by atoms with E-state index < -0.39 is 4.92 Å². The second kappa shape index (κ2) is 6.93. The normalized spacial score (nSPS) is 14.5. The lowest BCUT2D eigenvalue weighted by molar-refractivity contribution is -0.385. The molecule has 6 nitrogen and oxygen atoms in total. The summed E-state index contributed by atoms with van der Waals surface area (Å²) in [5, 5.41) is 10.9. The molecule has 0 unspecified atom stereocenters. The summed E-state index contributed by atoms with van der Waals surface area (Å²) < 4.78 is 0. The molecule has 1 amide bonds. The smallest absolute Gasteiger partial charge is 0.272 e. The minimum absolute atomic E-state index is 0.0424. The number of hydrogen-bond acceptors (Lipinski definition) is 4. The van der Waals surface area contributed by atoms with Gasteiger partial charge >= 0.3 is 0 Å². The highest BCUT2D eigenvalue weighted by Gasteiger charge is 2.23. The molecule has 0 N–H and O–H groups in total. The summed E-state index contributed by atoms with van der Waals surface area (Å²) >= 11 is 0. The zero-order chi connectivity index (χ0) is 18.0. The van der Waals surface area contributed by atoms with E-state index in [1.807, 2.05) is 11.0 Å². The van der Waals surface area contributed by atoms with Crippen molar-refractivity contribution in [3.63, 3.8) is 0 Å². The van der Waals surface area contributed by atoms with Gasteiger partial charge in [0.15, 0.2) is 0 Å². The minimum Gasteiger partial charge on any atom is -0.368 e. The Morgan fingerprint density at radius 2 is 1.76 bits per heavy atom. The van der Waals surface area contributed by atoms with Gasteiger partial charge in [-0.25, -0.2) is 0 Å². The maximum atomic E-state index is 12.7. The summed E-state index contributed by atoms with van der Waals surface area (Å²) in [6, 6.07) is 12.9. The first-order chi connectivity index (χ1) is 12.0. The molecule has 0 aromatic heterocycles. The summed E-state index contributed by atoms with van der Waals surface area (Å²) in [4.78, 5) is 27.2. The van der Waals surface area contributed by atoms with Gasteiger partial charge in [0.1, 0.15) is 0 Å². The first kappa shape index (κ1) is 17.0. The molecule has 0 atom stereocenters. The van der Waals surface area contributed by atoms with Gasteiger partial charge in [-0.3, -0.25) is 14.9 Å². The van der Waals surface area contributed by atoms with Gasteiger partial charge in [0.05, 0.1) is 4.92 Å². The highest BCUT2D eigenvalue weighted by atomic mass is 16.6. The van der Waals surface area contributed by atoms with E-state index in [4.69, 9.17) is 0 Å². The lowest BCUT2D eigenvalue weighted by Crippen LogP contribution is -2.48. The Hall–Kier alpha value is -2.89. The fourth-order valence-electron chi connectivity index (χ4n) is 3.17. The van der Waals surface area contributed by atoms with Crippen molar-refractivity contribution in [3.05, 3.63) is 69.3 Å². The van der Waals surface area contributed by atoms with Crippen LogP contribution in [0.3, 0.4) is 0 Å². The van der Waals surface area contributed by atoms with Crippen LogP contribution >= 0.6 is 0 Å². The van der Waals surface area contributed by atoms with Gasteiger partial charge in [-0.1, -0.05) is 12.1 Å². The van der Waals surface area contributed by atoms with Crippen LogP contribution in [0.1, 0.15) is 21.5 Å². The minimum atomic E-state index is -0.426. The van der Waals surface area contributed by atoms with E-state index in [-0.39, 0.29) is 11.6 Å². The number of piperazine rings is 1. The molecule has 6 heteroatoms. The Morgan fingerprint density at radius 3 is 2.36 bits per heavy atom. The van der Waals surface area contributed by atoms with Crippen LogP contribution in [0.15, 0.2) is 42.5 Å². The molecule has 0 radical (unpaired) electrons. The lowest BCUT2D eigenvalue weighted by atomic mass is 10.1. The number of nitro groups is 1. The fourth-order valence-corrected chi connectivity index (χ4v) is 3.17. The third-order valence-electron chi connectivity index (χ3n) is 4.57. The first-order valence-electron chi connectivity index (χ1n) is 8.31. The van der Waals surface area contributed by atoms with E-state index in [9.17, 15) is 14.9 Å². The van der Waals surface area contributed by atoms with E-state index >= 15 is 0 Å². The Morgan fingerprint density at radius 1 is 1.04 bits per heavy atom. The monoisotopic (exact) mass is 339 g/mol. The van der Waals surface area contributed by atoms with Crippen molar-refractivity contribution in [2.24, 2.45) is 0 Å². The molecule has 130 valence electrons. The maximum absolute atomic E-state index is 12.7. The van der Waals surface area contributed by atoms with Gasteiger partial charge in [0.2, 0.25) is 0 Å². The summed E-state index contributed by atoms with van der Waals surface area (Å²) in [5.41, 5.74) is 3.46. The first-order valence-corrected chi connectivity index (χ1v) is 8.31. The zero-order valence-corrected chi connectivity index (χ0v) is 14.4. The zero-order valence-electron chi connectivity index (χ0n) is 14.4. The third-order valence-corrected chi connectivity index (χ3v) is 4.57. The standard InChI is InChI=1S/C19H21N3O3/c1-14-4-3-5-17(12-14)20-8-10-21(11-9-20)19(23)16-6-7-18(22(24)25)15(2)13-16/h3-7,12-13H,8-11H2,1-2H3. The number of anilines is 1. The molecule has 1 aliphatic heterocycles. The van der Waals surface area contributed by atoms with Crippen LogP contribution in [-0.2, 0) is 0 Å². The highest BCUT2D eigenvalue weighted by molar-refractivity contribution is 5.95. The second-order valence-corrected chi connectivity index (χ2v) is 6.38. The molecule has 0 aliphatic carbocycles.